The highest BCUT2D eigenvalue weighted by molar-refractivity contribution is 7.98. The Balaban J connectivity index is 2.22. The molecule has 2 aromatic rings. The van der Waals surface area contributed by atoms with Crippen molar-refractivity contribution in [3.8, 4) is 0 Å². The van der Waals surface area contributed by atoms with Crippen LogP contribution in [0.25, 0.3) is 0 Å². The van der Waals surface area contributed by atoms with E-state index in [0.717, 1.165) is 27.5 Å². The molecule has 2 rings (SSSR count). The lowest BCUT2D eigenvalue weighted by molar-refractivity contribution is 0.861. The number of aromatic nitrogens is 3. The molecule has 2 heterocycles. The summed E-state index contributed by atoms with van der Waals surface area (Å²) in [7, 11) is 1.86. The highest BCUT2D eigenvalue weighted by Crippen LogP contribution is 2.28. The molecule has 2 aromatic heterocycles. The minimum absolute atomic E-state index is 0.176. The Hall–Kier alpha value is -1.34. The number of nitrogens with one attached hydrogen (secondary N) is 2. The maximum Gasteiger partial charge on any atom is 0.191 e. The molecule has 1 unspecified atom stereocenters. The van der Waals surface area contributed by atoms with Crippen LogP contribution in [0.5, 0.6) is 0 Å². The van der Waals surface area contributed by atoms with Crippen LogP contribution >= 0.6 is 23.1 Å². The first-order chi connectivity index (χ1) is 9.53. The Bertz CT molecular complexity index is 574. The molecule has 0 aromatic carbocycles. The van der Waals surface area contributed by atoms with Crippen LogP contribution in [0.15, 0.2) is 11.2 Å². The number of aryl methyl sites for hydroxylation is 2. The Morgan fingerprint density at radius 1 is 1.20 bits per heavy atom. The smallest absolute Gasteiger partial charge is 0.191 e. The van der Waals surface area contributed by atoms with E-state index in [1.54, 1.807) is 11.3 Å². The lowest BCUT2D eigenvalue weighted by atomic mass is 10.2. The molecule has 108 valence electrons. The molecule has 5 nitrogen and oxygen atoms in total. The van der Waals surface area contributed by atoms with E-state index in [9.17, 15) is 0 Å². The van der Waals surface area contributed by atoms with E-state index in [1.807, 2.05) is 33.2 Å². The van der Waals surface area contributed by atoms with Gasteiger partial charge in [-0.3, -0.25) is 0 Å². The number of hydrogen-bond donors (Lipinski definition) is 2. The van der Waals surface area contributed by atoms with Crippen LogP contribution in [0.1, 0.15) is 28.5 Å². The summed E-state index contributed by atoms with van der Waals surface area (Å²) >= 11 is 3.25. The molecule has 0 radical (unpaired) electrons. The number of rotatable bonds is 5. The van der Waals surface area contributed by atoms with Crippen molar-refractivity contribution in [2.45, 2.75) is 32.0 Å². The summed E-state index contributed by atoms with van der Waals surface area (Å²) < 4.78 is 0. The first-order valence-electron chi connectivity index (χ1n) is 6.34. The molecule has 0 aliphatic rings. The largest absolute Gasteiger partial charge is 0.373 e. The highest BCUT2D eigenvalue weighted by atomic mass is 32.2. The second-order valence-corrected chi connectivity index (χ2v) is 6.43. The third-order valence-electron chi connectivity index (χ3n) is 2.84. The fraction of sp³-hybridized carbons (Fsp3) is 0.462. The number of thioether (sulfide) groups is 1. The van der Waals surface area contributed by atoms with E-state index in [2.05, 4.69) is 32.5 Å². The van der Waals surface area contributed by atoms with Gasteiger partial charge in [0.15, 0.2) is 5.16 Å². The van der Waals surface area contributed by atoms with Crippen molar-refractivity contribution in [3.63, 3.8) is 0 Å². The summed E-state index contributed by atoms with van der Waals surface area (Å²) in [6.07, 6.45) is 1.97. The zero-order chi connectivity index (χ0) is 14.7. The summed E-state index contributed by atoms with van der Waals surface area (Å²) in [5.74, 6) is 1.64. The maximum atomic E-state index is 4.49. The Labute approximate surface area is 127 Å². The van der Waals surface area contributed by atoms with Crippen molar-refractivity contribution < 1.29 is 0 Å². The molecule has 0 aliphatic heterocycles. The molecular formula is C13H19N5S2. The fourth-order valence-electron chi connectivity index (χ4n) is 1.95. The van der Waals surface area contributed by atoms with Gasteiger partial charge in [0, 0.05) is 18.0 Å². The Kier molecular flexibility index (Phi) is 4.82. The molecule has 0 aliphatic carbocycles. The molecule has 7 heteroatoms. The topological polar surface area (TPSA) is 62.7 Å². The van der Waals surface area contributed by atoms with E-state index < -0.39 is 0 Å². The van der Waals surface area contributed by atoms with Crippen LogP contribution in [0.3, 0.4) is 0 Å². The zero-order valence-corrected chi connectivity index (χ0v) is 13.9. The van der Waals surface area contributed by atoms with Crippen molar-refractivity contribution in [2.24, 2.45) is 0 Å². The van der Waals surface area contributed by atoms with E-state index in [-0.39, 0.29) is 6.04 Å². The van der Waals surface area contributed by atoms with Gasteiger partial charge >= 0.3 is 0 Å². The van der Waals surface area contributed by atoms with Crippen molar-refractivity contribution in [1.82, 2.24) is 15.0 Å². The zero-order valence-electron chi connectivity index (χ0n) is 12.3. The van der Waals surface area contributed by atoms with Crippen molar-refractivity contribution >= 4 is 34.7 Å². The molecule has 2 N–H and O–H groups in total. The fourth-order valence-corrected chi connectivity index (χ4v) is 3.26. The van der Waals surface area contributed by atoms with Gasteiger partial charge < -0.3 is 10.6 Å². The lowest BCUT2D eigenvalue weighted by Crippen LogP contribution is -2.09. The van der Waals surface area contributed by atoms with E-state index in [4.69, 9.17) is 0 Å². The molecular weight excluding hydrogens is 290 g/mol. The average molecular weight is 309 g/mol. The average Bonchev–Trinajstić information content (AvgIpc) is 2.77. The van der Waals surface area contributed by atoms with Crippen LogP contribution in [0.2, 0.25) is 0 Å². The van der Waals surface area contributed by atoms with Gasteiger partial charge in [0.25, 0.3) is 0 Å². The monoisotopic (exact) mass is 309 g/mol. The quantitative estimate of drug-likeness (QED) is 0.651. The second kappa shape index (κ2) is 6.41. The summed E-state index contributed by atoms with van der Waals surface area (Å²) in [6.45, 7) is 6.20. The summed E-state index contributed by atoms with van der Waals surface area (Å²) in [4.78, 5) is 14.6. The minimum atomic E-state index is 0.176. The minimum Gasteiger partial charge on any atom is -0.373 e. The van der Waals surface area contributed by atoms with Crippen LogP contribution in [-0.2, 0) is 0 Å². The van der Waals surface area contributed by atoms with Gasteiger partial charge in [0.05, 0.1) is 16.7 Å². The molecule has 1 atom stereocenters. The van der Waals surface area contributed by atoms with Gasteiger partial charge in [0.1, 0.15) is 11.6 Å². The van der Waals surface area contributed by atoms with Gasteiger partial charge in [0.2, 0.25) is 0 Å². The summed E-state index contributed by atoms with van der Waals surface area (Å²) in [6, 6.07) is 2.09. The summed E-state index contributed by atoms with van der Waals surface area (Å²) in [5, 5.41) is 8.33. The number of anilines is 2. The standard InChI is InChI=1S/C13H19N5S2/c1-7-12(20-9(3)15-7)8(2)16-11-6-10(14-4)17-13(18-11)19-5/h6,8H,1-5H3,(H2,14,16,17,18). The second-order valence-electron chi connectivity index (χ2n) is 4.42. The summed E-state index contributed by atoms with van der Waals surface area (Å²) in [5.41, 5.74) is 1.08. The van der Waals surface area contributed by atoms with Gasteiger partial charge in [-0.1, -0.05) is 11.8 Å². The van der Waals surface area contributed by atoms with Gasteiger partial charge in [-0.15, -0.1) is 11.3 Å². The normalized spacial score (nSPS) is 12.2. The van der Waals surface area contributed by atoms with Crippen LogP contribution < -0.4 is 10.6 Å². The van der Waals surface area contributed by atoms with E-state index in [1.165, 1.54) is 16.6 Å². The van der Waals surface area contributed by atoms with Crippen molar-refractivity contribution in [2.75, 3.05) is 23.9 Å². The molecule has 0 amide bonds. The predicted molar refractivity (Wildman–Crippen MR) is 87.0 cm³/mol. The number of hydrogen-bond acceptors (Lipinski definition) is 7. The van der Waals surface area contributed by atoms with E-state index in [0.29, 0.717) is 0 Å². The molecule has 0 bridgehead atoms. The lowest BCUT2D eigenvalue weighted by Gasteiger charge is -2.14. The first kappa shape index (κ1) is 15.1. The van der Waals surface area contributed by atoms with Crippen molar-refractivity contribution in [1.29, 1.82) is 0 Å². The van der Waals surface area contributed by atoms with Gasteiger partial charge in [-0.05, 0) is 27.0 Å². The van der Waals surface area contributed by atoms with Crippen LogP contribution in [0.4, 0.5) is 11.6 Å². The Morgan fingerprint density at radius 3 is 2.45 bits per heavy atom. The SMILES string of the molecule is CNc1cc(NC(C)c2sc(C)nc2C)nc(SC)n1. The van der Waals surface area contributed by atoms with Crippen LogP contribution in [-0.4, -0.2) is 28.3 Å². The number of nitrogens with zero attached hydrogens (tertiary/aromatic N) is 3. The highest BCUT2D eigenvalue weighted by Gasteiger charge is 2.14. The van der Waals surface area contributed by atoms with Crippen molar-refractivity contribution in [3.05, 3.63) is 21.6 Å². The number of thiazole rings is 1. The van der Waals surface area contributed by atoms with E-state index >= 15 is 0 Å². The molecule has 0 spiro atoms. The molecule has 20 heavy (non-hydrogen) atoms. The Morgan fingerprint density at radius 2 is 1.90 bits per heavy atom. The third kappa shape index (κ3) is 3.40. The first-order valence-corrected chi connectivity index (χ1v) is 8.39. The third-order valence-corrected chi connectivity index (χ3v) is 4.64. The van der Waals surface area contributed by atoms with Crippen LogP contribution in [0, 0.1) is 13.8 Å². The van der Waals surface area contributed by atoms with Gasteiger partial charge in [-0.25, -0.2) is 15.0 Å². The van der Waals surface area contributed by atoms with Gasteiger partial charge in [-0.2, -0.15) is 0 Å². The molecule has 0 fully saturated rings. The predicted octanol–water partition coefficient (Wildman–Crippen LogP) is 3.49. The maximum absolute atomic E-state index is 4.49. The molecule has 0 saturated carbocycles. The molecule has 0 saturated heterocycles.